The summed E-state index contributed by atoms with van der Waals surface area (Å²) >= 11 is 5.91. The average molecular weight is 452 g/mol. The van der Waals surface area contributed by atoms with Crippen LogP contribution in [0.2, 0.25) is 5.15 Å². The van der Waals surface area contributed by atoms with Gasteiger partial charge in [-0.3, -0.25) is 9.59 Å². The Bertz CT molecular complexity index is 1010. The van der Waals surface area contributed by atoms with Crippen LogP contribution < -0.4 is 5.32 Å². The van der Waals surface area contributed by atoms with Crippen LogP contribution in [0.25, 0.3) is 0 Å². The lowest BCUT2D eigenvalue weighted by Crippen LogP contribution is -2.41. The Kier molecular flexibility index (Phi) is 7.06. The summed E-state index contributed by atoms with van der Waals surface area (Å²) in [7, 11) is -3.59. The van der Waals surface area contributed by atoms with Crippen LogP contribution in [-0.4, -0.2) is 48.8 Å². The zero-order valence-corrected chi connectivity index (χ0v) is 17.9. The molecule has 0 bridgehead atoms. The number of nitrogens with one attached hydrogen (secondary N) is 1. The van der Waals surface area contributed by atoms with E-state index >= 15 is 0 Å². The maximum absolute atomic E-state index is 12.7. The predicted octanol–water partition coefficient (Wildman–Crippen LogP) is 2.71. The molecule has 1 aliphatic rings. The van der Waals surface area contributed by atoms with Crippen molar-refractivity contribution in [3.05, 3.63) is 53.8 Å². The van der Waals surface area contributed by atoms with Crippen molar-refractivity contribution in [2.75, 3.05) is 18.4 Å². The number of nitrogens with zero attached hydrogens (tertiary/aromatic N) is 2. The second-order valence-corrected chi connectivity index (χ2v) is 9.20. The van der Waals surface area contributed by atoms with Gasteiger partial charge in [0.1, 0.15) is 0 Å². The Labute approximate surface area is 180 Å². The van der Waals surface area contributed by atoms with Gasteiger partial charge in [0.05, 0.1) is 16.5 Å². The Balaban J connectivity index is 1.53. The second kappa shape index (κ2) is 9.55. The molecular formula is C20H22ClN3O5S. The number of ether oxygens (including phenoxy) is 1. The monoisotopic (exact) mass is 451 g/mol. The first-order valence-electron chi connectivity index (χ1n) is 9.46. The van der Waals surface area contributed by atoms with Gasteiger partial charge in [-0.1, -0.05) is 29.8 Å². The molecule has 0 spiro atoms. The minimum Gasteiger partial charge on any atom is -0.452 e. The fraction of sp³-hybridized carbons (Fsp3) is 0.350. The molecule has 2 heterocycles. The first-order valence-corrected chi connectivity index (χ1v) is 11.3. The lowest BCUT2D eigenvalue weighted by molar-refractivity contribution is -0.158. The molecule has 3 rings (SSSR count). The maximum Gasteiger partial charge on any atom is 0.309 e. The van der Waals surface area contributed by atoms with Gasteiger partial charge < -0.3 is 10.1 Å². The summed E-state index contributed by atoms with van der Waals surface area (Å²) in [6.45, 7) is 1.89. The standard InChI is InChI=1S/C20H22ClN3O5S/c1-14(19(25)23-17-8-5-11-22-18(17)21)29-20(26)15-9-12-24(13-10-15)30(27,28)16-6-3-2-4-7-16/h2-8,11,14-15H,9-10,12-13H2,1H3,(H,23,25). The zero-order valence-electron chi connectivity index (χ0n) is 16.3. The van der Waals surface area contributed by atoms with E-state index in [1.165, 1.54) is 17.4 Å². The van der Waals surface area contributed by atoms with Crippen LogP contribution >= 0.6 is 11.6 Å². The molecule has 1 aromatic carbocycles. The summed E-state index contributed by atoms with van der Waals surface area (Å²) in [5.41, 5.74) is 0.325. The number of hydrogen-bond acceptors (Lipinski definition) is 6. The van der Waals surface area contributed by atoms with Crippen molar-refractivity contribution in [1.82, 2.24) is 9.29 Å². The van der Waals surface area contributed by atoms with Gasteiger partial charge in [0.2, 0.25) is 10.0 Å². The molecule has 0 saturated carbocycles. The minimum atomic E-state index is -3.59. The van der Waals surface area contributed by atoms with Gasteiger partial charge >= 0.3 is 5.97 Å². The SMILES string of the molecule is CC(OC(=O)C1CCN(S(=O)(=O)c2ccccc2)CC1)C(=O)Nc1cccnc1Cl. The molecule has 30 heavy (non-hydrogen) atoms. The normalized spacial score (nSPS) is 16.6. The number of sulfonamides is 1. The summed E-state index contributed by atoms with van der Waals surface area (Å²) in [6.07, 6.45) is 1.12. The van der Waals surface area contributed by atoms with Crippen molar-refractivity contribution in [1.29, 1.82) is 0 Å². The number of carbonyl (C=O) groups excluding carboxylic acids is 2. The lowest BCUT2D eigenvalue weighted by atomic mass is 9.98. The van der Waals surface area contributed by atoms with Crippen LogP contribution in [0, 0.1) is 5.92 Å². The van der Waals surface area contributed by atoms with E-state index in [0.29, 0.717) is 18.5 Å². The van der Waals surface area contributed by atoms with Gasteiger partial charge in [0.15, 0.2) is 11.3 Å². The quantitative estimate of drug-likeness (QED) is 0.534. The Hall–Kier alpha value is -2.49. The van der Waals surface area contributed by atoms with E-state index in [4.69, 9.17) is 16.3 Å². The van der Waals surface area contributed by atoms with Crippen molar-refractivity contribution >= 4 is 39.2 Å². The Morgan fingerprint density at radius 1 is 1.17 bits per heavy atom. The molecule has 0 radical (unpaired) electrons. The molecule has 0 aliphatic carbocycles. The second-order valence-electron chi connectivity index (χ2n) is 6.90. The fourth-order valence-electron chi connectivity index (χ4n) is 3.11. The molecule has 2 aromatic rings. The van der Waals surface area contributed by atoms with Crippen molar-refractivity contribution in [2.24, 2.45) is 5.92 Å². The molecule has 1 aromatic heterocycles. The van der Waals surface area contributed by atoms with Crippen LogP contribution in [0.1, 0.15) is 19.8 Å². The largest absolute Gasteiger partial charge is 0.452 e. The van der Waals surface area contributed by atoms with Crippen molar-refractivity contribution < 1.29 is 22.7 Å². The smallest absolute Gasteiger partial charge is 0.309 e. The highest BCUT2D eigenvalue weighted by Gasteiger charge is 2.33. The zero-order chi connectivity index (χ0) is 21.7. The fourth-order valence-corrected chi connectivity index (χ4v) is 4.77. The number of hydrogen-bond donors (Lipinski definition) is 1. The van der Waals surface area contributed by atoms with E-state index in [1.807, 2.05) is 0 Å². The molecule has 1 N–H and O–H groups in total. The molecule has 1 saturated heterocycles. The molecule has 1 amide bonds. The Morgan fingerprint density at radius 2 is 1.83 bits per heavy atom. The third-order valence-corrected chi connectivity index (χ3v) is 7.06. The van der Waals surface area contributed by atoms with Crippen LogP contribution in [0.3, 0.4) is 0 Å². The summed E-state index contributed by atoms with van der Waals surface area (Å²) in [5.74, 6) is -1.52. The molecule has 8 nitrogen and oxygen atoms in total. The number of amides is 1. The predicted molar refractivity (Wildman–Crippen MR) is 111 cm³/mol. The van der Waals surface area contributed by atoms with Gasteiger partial charge in [-0.15, -0.1) is 0 Å². The number of aromatic nitrogens is 1. The first kappa shape index (κ1) is 22.2. The third-order valence-electron chi connectivity index (χ3n) is 4.85. The summed E-state index contributed by atoms with van der Waals surface area (Å²) < 4.78 is 32.0. The minimum absolute atomic E-state index is 0.136. The average Bonchev–Trinajstić information content (AvgIpc) is 2.76. The Morgan fingerprint density at radius 3 is 2.47 bits per heavy atom. The highest BCUT2D eigenvalue weighted by molar-refractivity contribution is 7.89. The summed E-state index contributed by atoms with van der Waals surface area (Å²) in [5, 5.41) is 2.70. The van der Waals surface area contributed by atoms with Gasteiger partial charge in [-0.05, 0) is 44.0 Å². The van der Waals surface area contributed by atoms with Crippen LogP contribution in [0.4, 0.5) is 5.69 Å². The van der Waals surface area contributed by atoms with E-state index < -0.39 is 33.9 Å². The van der Waals surface area contributed by atoms with E-state index in [2.05, 4.69) is 10.3 Å². The summed E-state index contributed by atoms with van der Waals surface area (Å²) in [4.78, 5) is 28.8. The highest BCUT2D eigenvalue weighted by Crippen LogP contribution is 2.25. The molecule has 160 valence electrons. The molecule has 1 unspecified atom stereocenters. The molecule has 1 fully saturated rings. The van der Waals surface area contributed by atoms with Crippen molar-refractivity contribution in [3.63, 3.8) is 0 Å². The van der Waals surface area contributed by atoms with Gasteiger partial charge in [0.25, 0.3) is 5.91 Å². The summed E-state index contributed by atoms with van der Waals surface area (Å²) in [6, 6.07) is 11.4. The number of benzene rings is 1. The van der Waals surface area contributed by atoms with E-state index in [1.54, 1.807) is 42.5 Å². The molecule has 1 aliphatic heterocycles. The number of pyridine rings is 1. The third kappa shape index (κ3) is 5.16. The number of anilines is 1. The first-order chi connectivity index (χ1) is 14.3. The topological polar surface area (TPSA) is 106 Å². The van der Waals surface area contributed by atoms with Gasteiger partial charge in [-0.25, -0.2) is 13.4 Å². The van der Waals surface area contributed by atoms with Crippen LogP contribution in [0.15, 0.2) is 53.6 Å². The van der Waals surface area contributed by atoms with Gasteiger partial charge in [0, 0.05) is 19.3 Å². The van der Waals surface area contributed by atoms with Crippen LogP contribution in [0.5, 0.6) is 0 Å². The highest BCUT2D eigenvalue weighted by atomic mass is 35.5. The van der Waals surface area contributed by atoms with E-state index in [9.17, 15) is 18.0 Å². The molecule has 1 atom stereocenters. The van der Waals surface area contributed by atoms with Crippen molar-refractivity contribution in [3.8, 4) is 0 Å². The van der Waals surface area contributed by atoms with E-state index in [-0.39, 0.29) is 23.1 Å². The van der Waals surface area contributed by atoms with Crippen LogP contribution in [-0.2, 0) is 24.3 Å². The number of rotatable bonds is 6. The van der Waals surface area contributed by atoms with Gasteiger partial charge in [-0.2, -0.15) is 4.31 Å². The number of esters is 1. The van der Waals surface area contributed by atoms with E-state index in [0.717, 1.165) is 0 Å². The number of halogens is 1. The maximum atomic E-state index is 12.7. The molecule has 10 heteroatoms. The molecular weight excluding hydrogens is 430 g/mol. The van der Waals surface area contributed by atoms with Crippen molar-refractivity contribution in [2.45, 2.75) is 30.8 Å². The number of carbonyl (C=O) groups is 2. The number of piperidine rings is 1. The lowest BCUT2D eigenvalue weighted by Gasteiger charge is -2.30.